The first-order valence-electron chi connectivity index (χ1n) is 5.06. The van der Waals surface area contributed by atoms with Crippen molar-refractivity contribution in [1.82, 2.24) is 4.98 Å². The minimum atomic E-state index is 0.675. The van der Waals surface area contributed by atoms with E-state index in [4.69, 9.17) is 9.15 Å². The monoisotopic (exact) mass is 281 g/mol. The van der Waals surface area contributed by atoms with E-state index >= 15 is 0 Å². The Balaban J connectivity index is 2.27. The molecule has 0 aliphatic heterocycles. The summed E-state index contributed by atoms with van der Waals surface area (Å²) in [6.07, 6.45) is 1.46. The van der Waals surface area contributed by atoms with Gasteiger partial charge in [0, 0.05) is 10.9 Å². The lowest BCUT2D eigenvalue weighted by molar-refractivity contribution is 0.340. The second-order valence-corrected chi connectivity index (χ2v) is 3.78. The number of alkyl halides is 1. The summed E-state index contributed by atoms with van der Waals surface area (Å²) >= 11 is 3.38. The lowest BCUT2D eigenvalue weighted by atomic mass is 10.1. The van der Waals surface area contributed by atoms with Crippen molar-refractivity contribution in [2.45, 2.75) is 12.3 Å². The molecule has 1 aromatic heterocycles. The van der Waals surface area contributed by atoms with Gasteiger partial charge in [-0.25, -0.2) is 4.98 Å². The maximum Gasteiger partial charge on any atom is 0.181 e. The molecule has 84 valence electrons. The van der Waals surface area contributed by atoms with Crippen LogP contribution in [0.3, 0.4) is 0 Å². The van der Waals surface area contributed by atoms with Crippen LogP contribution in [0.25, 0.3) is 11.3 Å². The van der Waals surface area contributed by atoms with Gasteiger partial charge in [-0.05, 0) is 31.2 Å². The maximum absolute atomic E-state index is 5.38. The molecule has 0 aliphatic carbocycles. The second-order valence-electron chi connectivity index (χ2n) is 3.22. The van der Waals surface area contributed by atoms with E-state index in [9.17, 15) is 0 Å². The van der Waals surface area contributed by atoms with Crippen molar-refractivity contribution in [3.05, 3.63) is 36.4 Å². The van der Waals surface area contributed by atoms with E-state index in [1.807, 2.05) is 31.2 Å². The normalized spacial score (nSPS) is 10.4. The Morgan fingerprint density at radius 3 is 2.69 bits per heavy atom. The molecule has 2 rings (SSSR count). The van der Waals surface area contributed by atoms with Crippen LogP contribution in [-0.4, -0.2) is 11.6 Å². The summed E-state index contributed by atoms with van der Waals surface area (Å²) in [5.41, 5.74) is 1.92. The van der Waals surface area contributed by atoms with Gasteiger partial charge < -0.3 is 9.15 Å². The number of benzene rings is 1. The zero-order valence-corrected chi connectivity index (χ0v) is 10.5. The number of oxazole rings is 1. The molecular weight excluding hydrogens is 270 g/mol. The van der Waals surface area contributed by atoms with Gasteiger partial charge in [0.05, 0.1) is 12.3 Å². The Kier molecular flexibility index (Phi) is 3.62. The summed E-state index contributed by atoms with van der Waals surface area (Å²) in [5.74, 6) is 1.67. The molecule has 0 fully saturated rings. The van der Waals surface area contributed by atoms with Crippen molar-refractivity contribution in [3.8, 4) is 17.1 Å². The summed E-state index contributed by atoms with van der Waals surface area (Å²) in [6.45, 7) is 2.64. The third-order valence-corrected chi connectivity index (χ3v) is 2.73. The summed E-state index contributed by atoms with van der Waals surface area (Å²) in [4.78, 5) is 4.13. The third-order valence-electron chi connectivity index (χ3n) is 2.20. The smallest absolute Gasteiger partial charge is 0.181 e. The van der Waals surface area contributed by atoms with Crippen LogP contribution < -0.4 is 4.74 Å². The molecule has 0 amide bonds. The van der Waals surface area contributed by atoms with E-state index in [0.717, 1.165) is 22.8 Å². The molecule has 4 heteroatoms. The van der Waals surface area contributed by atoms with E-state index < -0.39 is 0 Å². The highest BCUT2D eigenvalue weighted by Crippen LogP contribution is 2.26. The molecule has 0 N–H and O–H groups in total. The van der Waals surface area contributed by atoms with Crippen LogP contribution in [0.4, 0.5) is 0 Å². The molecular formula is C12H12BrNO2. The Bertz CT molecular complexity index is 450. The minimum Gasteiger partial charge on any atom is -0.494 e. The Morgan fingerprint density at radius 2 is 2.06 bits per heavy atom. The van der Waals surface area contributed by atoms with Gasteiger partial charge >= 0.3 is 0 Å². The molecule has 1 heterocycles. The van der Waals surface area contributed by atoms with Gasteiger partial charge in [0.25, 0.3) is 0 Å². The molecule has 0 spiro atoms. The fraction of sp³-hybridized carbons (Fsp3) is 0.250. The van der Waals surface area contributed by atoms with Gasteiger partial charge in [0.15, 0.2) is 12.2 Å². The number of hydrogen-bond donors (Lipinski definition) is 0. The van der Waals surface area contributed by atoms with Gasteiger partial charge in [-0.3, -0.25) is 0 Å². The van der Waals surface area contributed by atoms with Crippen LogP contribution in [-0.2, 0) is 5.33 Å². The predicted molar refractivity (Wildman–Crippen MR) is 65.7 cm³/mol. The van der Waals surface area contributed by atoms with E-state index in [-0.39, 0.29) is 0 Å². The number of ether oxygens (including phenoxy) is 1. The Labute approximate surface area is 103 Å². The molecule has 1 aromatic carbocycles. The Hall–Kier alpha value is -1.29. The predicted octanol–water partition coefficient (Wildman–Crippen LogP) is 3.64. The summed E-state index contributed by atoms with van der Waals surface area (Å²) in [5, 5.41) is 0.687. The van der Waals surface area contributed by atoms with Gasteiger partial charge in [-0.1, -0.05) is 15.9 Å². The first-order chi connectivity index (χ1) is 7.85. The van der Waals surface area contributed by atoms with Crippen LogP contribution in [0.5, 0.6) is 5.75 Å². The van der Waals surface area contributed by atoms with E-state index in [0.29, 0.717) is 11.9 Å². The van der Waals surface area contributed by atoms with Crippen molar-refractivity contribution < 1.29 is 9.15 Å². The molecule has 3 nitrogen and oxygen atoms in total. The number of rotatable bonds is 4. The quantitative estimate of drug-likeness (QED) is 0.803. The number of nitrogens with zero attached hydrogens (tertiary/aromatic N) is 1. The van der Waals surface area contributed by atoms with Crippen molar-refractivity contribution in [1.29, 1.82) is 0 Å². The number of halogens is 1. The van der Waals surface area contributed by atoms with Crippen molar-refractivity contribution in [3.63, 3.8) is 0 Å². The highest BCUT2D eigenvalue weighted by Gasteiger charge is 2.09. The number of hydrogen-bond acceptors (Lipinski definition) is 3. The molecule has 0 saturated heterocycles. The van der Waals surface area contributed by atoms with Crippen LogP contribution in [0.2, 0.25) is 0 Å². The topological polar surface area (TPSA) is 35.3 Å². The highest BCUT2D eigenvalue weighted by molar-refractivity contribution is 9.08. The van der Waals surface area contributed by atoms with Gasteiger partial charge in [0.2, 0.25) is 0 Å². The van der Waals surface area contributed by atoms with Gasteiger partial charge in [-0.2, -0.15) is 0 Å². The van der Waals surface area contributed by atoms with Gasteiger partial charge in [0.1, 0.15) is 5.75 Å². The molecule has 0 radical (unpaired) electrons. The molecule has 0 unspecified atom stereocenters. The van der Waals surface area contributed by atoms with Crippen molar-refractivity contribution in [2.75, 3.05) is 6.61 Å². The highest BCUT2D eigenvalue weighted by atomic mass is 79.9. The molecule has 0 aliphatic rings. The van der Waals surface area contributed by atoms with E-state index in [2.05, 4.69) is 20.9 Å². The van der Waals surface area contributed by atoms with Crippen LogP contribution in [0.15, 0.2) is 35.1 Å². The third kappa shape index (κ3) is 2.27. The summed E-state index contributed by atoms with van der Waals surface area (Å²) in [7, 11) is 0. The standard InChI is InChI=1S/C12H12BrNO2/c1-2-15-10-5-3-9(4-6-10)12-11(7-13)14-8-16-12/h3-6,8H,2,7H2,1H3. The Morgan fingerprint density at radius 1 is 1.31 bits per heavy atom. The van der Waals surface area contributed by atoms with Crippen LogP contribution in [0, 0.1) is 0 Å². The average Bonchev–Trinajstić information content (AvgIpc) is 2.78. The number of aromatic nitrogens is 1. The molecule has 2 aromatic rings. The molecule has 0 saturated carbocycles. The van der Waals surface area contributed by atoms with E-state index in [1.165, 1.54) is 6.39 Å². The zero-order chi connectivity index (χ0) is 11.4. The molecule has 16 heavy (non-hydrogen) atoms. The van der Waals surface area contributed by atoms with Crippen molar-refractivity contribution in [2.24, 2.45) is 0 Å². The van der Waals surface area contributed by atoms with Crippen LogP contribution in [0.1, 0.15) is 12.6 Å². The lowest BCUT2D eigenvalue weighted by Gasteiger charge is -2.03. The molecule has 0 bridgehead atoms. The largest absolute Gasteiger partial charge is 0.494 e. The average molecular weight is 282 g/mol. The minimum absolute atomic E-state index is 0.675. The summed E-state index contributed by atoms with van der Waals surface area (Å²) < 4.78 is 10.7. The second kappa shape index (κ2) is 5.16. The zero-order valence-electron chi connectivity index (χ0n) is 8.94. The fourth-order valence-corrected chi connectivity index (χ4v) is 1.87. The van der Waals surface area contributed by atoms with Crippen LogP contribution >= 0.6 is 15.9 Å². The SMILES string of the molecule is CCOc1ccc(-c2ocnc2CBr)cc1. The lowest BCUT2D eigenvalue weighted by Crippen LogP contribution is -1.90. The van der Waals surface area contributed by atoms with Crippen molar-refractivity contribution >= 4 is 15.9 Å². The first-order valence-corrected chi connectivity index (χ1v) is 6.19. The fourth-order valence-electron chi connectivity index (χ4n) is 1.47. The maximum atomic E-state index is 5.38. The molecule has 0 atom stereocenters. The van der Waals surface area contributed by atoms with Gasteiger partial charge in [-0.15, -0.1) is 0 Å². The van der Waals surface area contributed by atoms with E-state index in [1.54, 1.807) is 0 Å². The summed E-state index contributed by atoms with van der Waals surface area (Å²) in [6, 6.07) is 7.80. The first kappa shape index (κ1) is 11.2.